The van der Waals surface area contributed by atoms with Crippen molar-refractivity contribution in [2.75, 3.05) is 6.54 Å². The van der Waals surface area contributed by atoms with Gasteiger partial charge in [0.25, 0.3) is 0 Å². The lowest BCUT2D eigenvalue weighted by Crippen LogP contribution is -2.11. The quantitative estimate of drug-likeness (QED) is 0.859. The van der Waals surface area contributed by atoms with Crippen LogP contribution >= 0.6 is 15.9 Å². The molecule has 0 amide bonds. The molecule has 2 nitrogen and oxygen atoms in total. The third kappa shape index (κ3) is 2.47. The Labute approximate surface area is 112 Å². The minimum absolute atomic E-state index is 0.0639. The Bertz CT molecular complexity index is 554. The Morgan fingerprint density at radius 3 is 2.78 bits per heavy atom. The molecule has 0 atom stereocenters. The third-order valence-electron chi connectivity index (χ3n) is 2.59. The van der Waals surface area contributed by atoms with Crippen LogP contribution in [0.3, 0.4) is 0 Å². The van der Waals surface area contributed by atoms with Gasteiger partial charge < -0.3 is 9.73 Å². The lowest BCUT2D eigenvalue weighted by atomic mass is 10.0. The summed E-state index contributed by atoms with van der Waals surface area (Å²) < 4.78 is 33.2. The molecule has 0 bridgehead atoms. The first-order chi connectivity index (χ1) is 8.65. The van der Waals surface area contributed by atoms with E-state index in [1.165, 1.54) is 18.4 Å². The molecule has 0 saturated heterocycles. The molecule has 0 fully saturated rings. The highest BCUT2D eigenvalue weighted by Crippen LogP contribution is 2.33. The van der Waals surface area contributed by atoms with Crippen molar-refractivity contribution < 1.29 is 13.2 Å². The van der Waals surface area contributed by atoms with Crippen LogP contribution in [-0.2, 0) is 6.54 Å². The topological polar surface area (TPSA) is 25.2 Å². The molecule has 96 valence electrons. The number of hydrogen-bond acceptors (Lipinski definition) is 2. The maximum absolute atomic E-state index is 14.0. The number of furan rings is 1. The molecule has 1 aromatic heterocycles. The highest BCUT2D eigenvalue weighted by molar-refractivity contribution is 9.10. The summed E-state index contributed by atoms with van der Waals surface area (Å²) in [5, 5.41) is 3.06. The Balaban J connectivity index is 2.49. The lowest BCUT2D eigenvalue weighted by Gasteiger charge is -2.07. The summed E-state index contributed by atoms with van der Waals surface area (Å²) in [6.45, 7) is 3.14. The molecule has 1 N–H and O–H groups in total. The summed E-state index contributed by atoms with van der Waals surface area (Å²) in [5.41, 5.74) is 0.373. The number of nitrogens with one attached hydrogen (secondary N) is 1. The van der Waals surface area contributed by atoms with Gasteiger partial charge in [0.05, 0.1) is 22.8 Å². The fraction of sp³-hybridized carbons (Fsp3) is 0.231. The monoisotopic (exact) mass is 315 g/mol. The molecule has 0 aliphatic heterocycles. The lowest BCUT2D eigenvalue weighted by molar-refractivity contribution is 0.487. The molecular weight excluding hydrogens is 304 g/mol. The smallest absolute Gasteiger partial charge is 0.148 e. The fourth-order valence-corrected chi connectivity index (χ4v) is 2.04. The van der Waals surface area contributed by atoms with E-state index in [0.717, 1.165) is 6.54 Å². The van der Waals surface area contributed by atoms with Gasteiger partial charge in [-0.3, -0.25) is 0 Å². The SMILES string of the molecule is CCNCc1occc1-c1c(F)ccc(Br)c1F. The van der Waals surface area contributed by atoms with E-state index < -0.39 is 11.6 Å². The number of rotatable bonds is 4. The standard InChI is InChI=1S/C13H12BrF2NO/c1-2-17-7-11-8(5-6-18-11)12-10(15)4-3-9(14)13(12)16/h3-6,17H,2,7H2,1H3. The maximum Gasteiger partial charge on any atom is 0.148 e. The summed E-state index contributed by atoms with van der Waals surface area (Å²) in [7, 11) is 0. The fourth-order valence-electron chi connectivity index (χ4n) is 1.71. The van der Waals surface area contributed by atoms with E-state index in [-0.39, 0.29) is 10.0 Å². The predicted molar refractivity (Wildman–Crippen MR) is 69.1 cm³/mol. The molecule has 2 aromatic rings. The summed E-state index contributed by atoms with van der Waals surface area (Å²) in [6, 6.07) is 4.14. The van der Waals surface area contributed by atoms with Crippen LogP contribution in [0.4, 0.5) is 8.78 Å². The Kier molecular flexibility index (Phi) is 4.14. The van der Waals surface area contributed by atoms with Crippen molar-refractivity contribution in [3.8, 4) is 11.1 Å². The van der Waals surface area contributed by atoms with E-state index in [0.29, 0.717) is 17.9 Å². The van der Waals surface area contributed by atoms with Crippen molar-refractivity contribution >= 4 is 15.9 Å². The zero-order valence-corrected chi connectivity index (χ0v) is 11.4. The minimum Gasteiger partial charge on any atom is -0.467 e. The van der Waals surface area contributed by atoms with Crippen molar-refractivity contribution in [2.24, 2.45) is 0 Å². The van der Waals surface area contributed by atoms with Crippen molar-refractivity contribution in [2.45, 2.75) is 13.5 Å². The van der Waals surface area contributed by atoms with Crippen LogP contribution in [0.2, 0.25) is 0 Å². The molecule has 18 heavy (non-hydrogen) atoms. The molecule has 0 aliphatic rings. The largest absolute Gasteiger partial charge is 0.467 e. The highest BCUT2D eigenvalue weighted by atomic mass is 79.9. The average Bonchev–Trinajstić information content (AvgIpc) is 2.80. The molecule has 0 spiro atoms. The highest BCUT2D eigenvalue weighted by Gasteiger charge is 2.18. The first kappa shape index (κ1) is 13.2. The van der Waals surface area contributed by atoms with Gasteiger partial charge in [-0.1, -0.05) is 6.92 Å². The van der Waals surface area contributed by atoms with Crippen LogP contribution in [0.5, 0.6) is 0 Å². The zero-order valence-electron chi connectivity index (χ0n) is 9.77. The van der Waals surface area contributed by atoms with Crippen LogP contribution in [-0.4, -0.2) is 6.54 Å². The van der Waals surface area contributed by atoms with Gasteiger partial charge in [-0.2, -0.15) is 0 Å². The summed E-state index contributed by atoms with van der Waals surface area (Å²) in [6.07, 6.45) is 1.43. The third-order valence-corrected chi connectivity index (χ3v) is 3.21. The number of benzene rings is 1. The van der Waals surface area contributed by atoms with Crippen LogP contribution in [0.15, 0.2) is 33.4 Å². The van der Waals surface area contributed by atoms with Crippen LogP contribution in [0.25, 0.3) is 11.1 Å². The Morgan fingerprint density at radius 1 is 1.28 bits per heavy atom. The van der Waals surface area contributed by atoms with Crippen molar-refractivity contribution in [1.29, 1.82) is 0 Å². The van der Waals surface area contributed by atoms with Crippen molar-refractivity contribution in [3.05, 3.63) is 46.3 Å². The number of hydrogen-bond donors (Lipinski definition) is 1. The molecule has 0 unspecified atom stereocenters. The Morgan fingerprint density at radius 2 is 2.06 bits per heavy atom. The Hall–Kier alpha value is -1.20. The second-order valence-corrected chi connectivity index (χ2v) is 4.61. The minimum atomic E-state index is -0.617. The van der Waals surface area contributed by atoms with Crippen molar-refractivity contribution in [1.82, 2.24) is 5.32 Å². The molecule has 0 saturated carbocycles. The van der Waals surface area contributed by atoms with Gasteiger partial charge >= 0.3 is 0 Å². The van der Waals surface area contributed by atoms with E-state index in [2.05, 4.69) is 21.2 Å². The van der Waals surface area contributed by atoms with E-state index in [1.54, 1.807) is 6.07 Å². The average molecular weight is 316 g/mol. The van der Waals surface area contributed by atoms with Crippen LogP contribution in [0.1, 0.15) is 12.7 Å². The molecule has 0 radical (unpaired) electrons. The van der Waals surface area contributed by atoms with Gasteiger partial charge in [0.1, 0.15) is 17.4 Å². The molecule has 5 heteroatoms. The van der Waals surface area contributed by atoms with E-state index in [4.69, 9.17) is 4.42 Å². The maximum atomic E-state index is 14.0. The van der Waals surface area contributed by atoms with Gasteiger partial charge in [-0.25, -0.2) is 8.78 Å². The first-order valence-electron chi connectivity index (χ1n) is 5.56. The normalized spacial score (nSPS) is 10.9. The summed E-state index contributed by atoms with van der Waals surface area (Å²) in [4.78, 5) is 0. The van der Waals surface area contributed by atoms with Crippen LogP contribution < -0.4 is 5.32 Å². The first-order valence-corrected chi connectivity index (χ1v) is 6.35. The van der Waals surface area contributed by atoms with E-state index in [1.807, 2.05) is 6.92 Å². The molecule has 2 rings (SSSR count). The summed E-state index contributed by atoms with van der Waals surface area (Å²) >= 11 is 3.06. The van der Waals surface area contributed by atoms with E-state index >= 15 is 0 Å². The van der Waals surface area contributed by atoms with Crippen molar-refractivity contribution in [3.63, 3.8) is 0 Å². The second kappa shape index (κ2) is 5.63. The van der Waals surface area contributed by atoms with Gasteiger partial charge in [0.2, 0.25) is 0 Å². The summed E-state index contributed by atoms with van der Waals surface area (Å²) in [5.74, 6) is -0.697. The van der Waals surface area contributed by atoms with Gasteiger partial charge in [-0.15, -0.1) is 0 Å². The molecule has 0 aliphatic carbocycles. The number of halogens is 3. The van der Waals surface area contributed by atoms with E-state index in [9.17, 15) is 8.78 Å². The van der Waals surface area contributed by atoms with Gasteiger partial charge in [0.15, 0.2) is 0 Å². The second-order valence-electron chi connectivity index (χ2n) is 3.76. The van der Waals surface area contributed by atoms with Gasteiger partial charge in [0, 0.05) is 5.56 Å². The van der Waals surface area contributed by atoms with Crippen LogP contribution in [0, 0.1) is 11.6 Å². The molecule has 1 aromatic carbocycles. The predicted octanol–water partition coefficient (Wildman–Crippen LogP) is 4.10. The van der Waals surface area contributed by atoms with Gasteiger partial charge in [-0.05, 0) is 40.7 Å². The molecular formula is C13H12BrF2NO. The zero-order chi connectivity index (χ0) is 13.1. The molecule has 1 heterocycles.